The summed E-state index contributed by atoms with van der Waals surface area (Å²) in [7, 11) is 1.52. The summed E-state index contributed by atoms with van der Waals surface area (Å²) < 4.78 is 18.2. The Bertz CT molecular complexity index is 510. The van der Waals surface area contributed by atoms with Crippen LogP contribution in [0, 0.1) is 5.82 Å². The molecular weight excluding hydrogens is 287 g/mol. The molecule has 1 aliphatic rings. The molecule has 0 saturated carbocycles. The Morgan fingerprint density at radius 3 is 3.14 bits per heavy atom. The third kappa shape index (κ3) is 4.68. The molecule has 122 valence electrons. The molecule has 0 aromatic heterocycles. The van der Waals surface area contributed by atoms with Crippen LogP contribution in [0.1, 0.15) is 36.4 Å². The Labute approximate surface area is 129 Å². The van der Waals surface area contributed by atoms with E-state index in [0.717, 1.165) is 30.4 Å². The minimum atomic E-state index is -0.588. The van der Waals surface area contributed by atoms with E-state index in [1.165, 1.54) is 19.2 Å². The van der Waals surface area contributed by atoms with Gasteiger partial charge in [0.2, 0.25) is 0 Å². The molecule has 0 radical (unpaired) electrons. The lowest BCUT2D eigenvalue weighted by molar-refractivity contribution is 0.0598. The fraction of sp³-hybridized carbons (Fsp3) is 0.562. The fourth-order valence-electron chi connectivity index (χ4n) is 2.76. The molecule has 0 bridgehead atoms. The zero-order valence-electron chi connectivity index (χ0n) is 12.8. The third-order valence-corrected chi connectivity index (χ3v) is 3.85. The topological polar surface area (TPSA) is 70.6 Å². The van der Waals surface area contributed by atoms with Crippen molar-refractivity contribution in [1.82, 2.24) is 10.6 Å². The molecule has 1 aromatic carbocycles. The molecule has 2 amide bonds. The van der Waals surface area contributed by atoms with Crippen molar-refractivity contribution in [3.05, 3.63) is 35.1 Å². The van der Waals surface area contributed by atoms with Crippen LogP contribution < -0.4 is 10.6 Å². The number of urea groups is 1. The second-order valence-electron chi connectivity index (χ2n) is 5.59. The number of hydrogen-bond donors (Lipinski definition) is 3. The van der Waals surface area contributed by atoms with Crippen molar-refractivity contribution in [2.75, 3.05) is 20.3 Å². The fourth-order valence-corrected chi connectivity index (χ4v) is 2.76. The molecule has 3 N–H and O–H groups in total. The summed E-state index contributed by atoms with van der Waals surface area (Å²) in [6, 6.07) is 4.28. The molecule has 1 aromatic rings. The first kappa shape index (κ1) is 16.7. The molecule has 1 aliphatic carbocycles. The predicted octanol–water partition coefficient (Wildman–Crippen LogP) is 1.90. The number of ether oxygens (including phenoxy) is 1. The second-order valence-corrected chi connectivity index (χ2v) is 5.59. The van der Waals surface area contributed by atoms with Crippen LogP contribution in [0.2, 0.25) is 0 Å². The van der Waals surface area contributed by atoms with E-state index in [2.05, 4.69) is 10.6 Å². The SMILES string of the molecule is COCC(O)CCNC(=O)NC1CCCc2ccc(F)cc21. The molecule has 6 heteroatoms. The van der Waals surface area contributed by atoms with Crippen LogP contribution in [0.4, 0.5) is 9.18 Å². The number of carbonyl (C=O) groups excluding carboxylic acids is 1. The van der Waals surface area contributed by atoms with E-state index in [1.54, 1.807) is 6.07 Å². The number of aliphatic hydroxyl groups excluding tert-OH is 1. The van der Waals surface area contributed by atoms with Crippen molar-refractivity contribution in [2.45, 2.75) is 37.8 Å². The zero-order valence-corrected chi connectivity index (χ0v) is 12.8. The van der Waals surface area contributed by atoms with E-state index in [9.17, 15) is 14.3 Å². The minimum Gasteiger partial charge on any atom is -0.391 e. The quantitative estimate of drug-likeness (QED) is 0.751. The molecule has 5 nitrogen and oxygen atoms in total. The highest BCUT2D eigenvalue weighted by molar-refractivity contribution is 5.74. The summed E-state index contributed by atoms with van der Waals surface area (Å²) in [5.41, 5.74) is 1.95. The summed E-state index contributed by atoms with van der Waals surface area (Å²) in [6.45, 7) is 0.609. The van der Waals surface area contributed by atoms with Gasteiger partial charge in [0.05, 0.1) is 18.8 Å². The summed E-state index contributed by atoms with van der Waals surface area (Å²) in [4.78, 5) is 11.9. The van der Waals surface area contributed by atoms with E-state index in [0.29, 0.717) is 13.0 Å². The number of aryl methyl sites for hydroxylation is 1. The summed E-state index contributed by atoms with van der Waals surface area (Å²) in [6.07, 6.45) is 2.53. The van der Waals surface area contributed by atoms with Crippen LogP contribution in [0.15, 0.2) is 18.2 Å². The van der Waals surface area contributed by atoms with Gasteiger partial charge >= 0.3 is 6.03 Å². The maximum atomic E-state index is 13.4. The standard InChI is InChI=1S/C16H23FN2O3/c1-22-10-13(20)7-8-18-16(21)19-15-4-2-3-11-5-6-12(17)9-14(11)15/h5-6,9,13,15,20H,2-4,7-8,10H2,1H3,(H2,18,19,21). The molecular formula is C16H23FN2O3. The highest BCUT2D eigenvalue weighted by Gasteiger charge is 2.22. The number of rotatable bonds is 6. The Balaban J connectivity index is 1.84. The van der Waals surface area contributed by atoms with Gasteiger partial charge in [-0.25, -0.2) is 9.18 Å². The normalized spacial score (nSPS) is 18.4. The minimum absolute atomic E-state index is 0.164. The van der Waals surface area contributed by atoms with Gasteiger partial charge in [0.1, 0.15) is 5.82 Å². The van der Waals surface area contributed by atoms with Crippen molar-refractivity contribution in [3.8, 4) is 0 Å². The number of benzene rings is 1. The number of fused-ring (bicyclic) bond motifs is 1. The molecule has 0 heterocycles. The van der Waals surface area contributed by atoms with Gasteiger partial charge in [-0.05, 0) is 48.9 Å². The van der Waals surface area contributed by atoms with Crippen LogP contribution in [-0.2, 0) is 11.2 Å². The van der Waals surface area contributed by atoms with Gasteiger partial charge in [0.25, 0.3) is 0 Å². The van der Waals surface area contributed by atoms with Crippen LogP contribution >= 0.6 is 0 Å². The van der Waals surface area contributed by atoms with E-state index in [4.69, 9.17) is 4.74 Å². The Morgan fingerprint density at radius 2 is 2.36 bits per heavy atom. The molecule has 0 aliphatic heterocycles. The largest absolute Gasteiger partial charge is 0.391 e. The van der Waals surface area contributed by atoms with Gasteiger partial charge in [-0.15, -0.1) is 0 Å². The van der Waals surface area contributed by atoms with Crippen LogP contribution in [0.25, 0.3) is 0 Å². The lowest BCUT2D eigenvalue weighted by Crippen LogP contribution is -2.40. The zero-order chi connectivity index (χ0) is 15.9. The van der Waals surface area contributed by atoms with Gasteiger partial charge in [0.15, 0.2) is 0 Å². The van der Waals surface area contributed by atoms with Gasteiger partial charge < -0.3 is 20.5 Å². The molecule has 2 atom stereocenters. The lowest BCUT2D eigenvalue weighted by atomic mass is 9.87. The van der Waals surface area contributed by atoms with Crippen molar-refractivity contribution in [1.29, 1.82) is 0 Å². The van der Waals surface area contributed by atoms with E-state index >= 15 is 0 Å². The molecule has 2 rings (SSSR count). The Hall–Kier alpha value is -1.66. The lowest BCUT2D eigenvalue weighted by Gasteiger charge is -2.26. The number of nitrogens with one attached hydrogen (secondary N) is 2. The van der Waals surface area contributed by atoms with E-state index in [1.807, 2.05) is 0 Å². The van der Waals surface area contributed by atoms with E-state index < -0.39 is 6.10 Å². The van der Waals surface area contributed by atoms with Crippen LogP contribution in [0.5, 0.6) is 0 Å². The number of aliphatic hydroxyl groups is 1. The average molecular weight is 310 g/mol. The number of carbonyl (C=O) groups is 1. The first-order valence-electron chi connectivity index (χ1n) is 7.60. The molecule has 0 saturated heterocycles. The first-order valence-corrected chi connectivity index (χ1v) is 7.60. The molecule has 0 spiro atoms. The number of hydrogen-bond acceptors (Lipinski definition) is 3. The van der Waals surface area contributed by atoms with Gasteiger partial charge in [-0.2, -0.15) is 0 Å². The maximum Gasteiger partial charge on any atom is 0.315 e. The second kappa shape index (κ2) is 8.10. The molecule has 0 fully saturated rings. The number of halogens is 1. The summed E-state index contributed by atoms with van der Waals surface area (Å²) in [5.74, 6) is -0.282. The monoisotopic (exact) mass is 310 g/mol. The Morgan fingerprint density at radius 1 is 1.55 bits per heavy atom. The average Bonchev–Trinajstić information content (AvgIpc) is 2.48. The maximum absolute atomic E-state index is 13.4. The van der Waals surface area contributed by atoms with Crippen LogP contribution in [-0.4, -0.2) is 37.5 Å². The van der Waals surface area contributed by atoms with Crippen molar-refractivity contribution in [2.24, 2.45) is 0 Å². The van der Waals surface area contributed by atoms with Gasteiger partial charge in [-0.3, -0.25) is 0 Å². The van der Waals surface area contributed by atoms with Crippen molar-refractivity contribution < 1.29 is 19.0 Å². The van der Waals surface area contributed by atoms with Gasteiger partial charge in [0, 0.05) is 13.7 Å². The first-order chi connectivity index (χ1) is 10.6. The third-order valence-electron chi connectivity index (χ3n) is 3.85. The number of methoxy groups -OCH3 is 1. The highest BCUT2D eigenvalue weighted by atomic mass is 19.1. The summed E-state index contributed by atoms with van der Waals surface area (Å²) >= 11 is 0. The van der Waals surface area contributed by atoms with Gasteiger partial charge in [-0.1, -0.05) is 6.07 Å². The molecule has 22 heavy (non-hydrogen) atoms. The highest BCUT2D eigenvalue weighted by Crippen LogP contribution is 2.30. The van der Waals surface area contributed by atoms with Crippen molar-refractivity contribution >= 4 is 6.03 Å². The predicted molar refractivity (Wildman–Crippen MR) is 81.1 cm³/mol. The number of amides is 2. The van der Waals surface area contributed by atoms with Crippen LogP contribution in [0.3, 0.4) is 0 Å². The molecule has 2 unspecified atom stereocenters. The smallest absolute Gasteiger partial charge is 0.315 e. The van der Waals surface area contributed by atoms with Crippen molar-refractivity contribution in [3.63, 3.8) is 0 Å². The Kier molecular flexibility index (Phi) is 6.15. The summed E-state index contributed by atoms with van der Waals surface area (Å²) in [5, 5.41) is 15.1. The van der Waals surface area contributed by atoms with E-state index in [-0.39, 0.29) is 24.5 Å².